The number of unbranched alkanes of at least 4 members (excludes halogenated alkanes) is 2. The van der Waals surface area contributed by atoms with Gasteiger partial charge in [0.1, 0.15) is 0 Å². The minimum absolute atomic E-state index is 0.0188. The second-order valence-corrected chi connectivity index (χ2v) is 11.9. The van der Waals surface area contributed by atoms with E-state index in [0.717, 1.165) is 19.3 Å². The first-order valence-corrected chi connectivity index (χ1v) is 11.5. The first kappa shape index (κ1) is 20.3. The summed E-state index contributed by atoms with van der Waals surface area (Å²) in [4.78, 5) is 0. The van der Waals surface area contributed by atoms with Crippen molar-refractivity contribution >= 4 is 18.7 Å². The molecule has 1 nitrogen and oxygen atoms in total. The average molecular weight is 365 g/mol. The van der Waals surface area contributed by atoms with E-state index in [0.29, 0.717) is 0 Å². The summed E-state index contributed by atoms with van der Waals surface area (Å²) in [5, 5.41) is 2.65. The number of hydrogen-bond acceptors (Lipinski definition) is 1. The lowest BCUT2D eigenvalue weighted by Gasteiger charge is -2.41. The van der Waals surface area contributed by atoms with Crippen LogP contribution in [0.4, 0.5) is 0 Å². The Bertz CT molecular complexity index is 656. The second kappa shape index (κ2) is 9.58. The third-order valence-electron chi connectivity index (χ3n) is 4.74. The summed E-state index contributed by atoms with van der Waals surface area (Å²) in [6.45, 7) is 8.99. The summed E-state index contributed by atoms with van der Waals surface area (Å²) in [6, 6.07) is 21.5. The van der Waals surface area contributed by atoms with Gasteiger partial charge in [0.15, 0.2) is 0 Å². The third kappa shape index (κ3) is 4.76. The van der Waals surface area contributed by atoms with Crippen molar-refractivity contribution in [1.82, 2.24) is 0 Å². The van der Waals surface area contributed by atoms with Crippen LogP contribution < -0.4 is 10.4 Å². The van der Waals surface area contributed by atoms with Gasteiger partial charge < -0.3 is 4.43 Å². The molecule has 0 aromatic heterocycles. The zero-order valence-electron chi connectivity index (χ0n) is 16.6. The number of rotatable bonds is 8. The van der Waals surface area contributed by atoms with E-state index in [1.807, 2.05) is 6.26 Å². The molecule has 0 aliphatic rings. The van der Waals surface area contributed by atoms with Crippen LogP contribution in [0.25, 0.3) is 0 Å². The van der Waals surface area contributed by atoms with Crippen LogP contribution in [-0.2, 0) is 4.43 Å². The maximum Gasteiger partial charge on any atom is 0.319 e. The van der Waals surface area contributed by atoms with Gasteiger partial charge in [-0.3, -0.25) is 0 Å². The molecule has 0 unspecified atom stereocenters. The van der Waals surface area contributed by atoms with Gasteiger partial charge in [0, 0.05) is 0 Å². The van der Waals surface area contributed by atoms with E-state index < -0.39 is 8.32 Å². The lowest BCUT2D eigenvalue weighted by molar-refractivity contribution is 0.442. The Morgan fingerprint density at radius 3 is 1.77 bits per heavy atom. The Labute approximate surface area is 160 Å². The molecule has 0 amide bonds. The highest BCUT2D eigenvalue weighted by atomic mass is 28.4. The maximum atomic E-state index is 6.71. The zero-order chi connectivity index (χ0) is 18.9. The topological polar surface area (TPSA) is 9.23 Å². The van der Waals surface area contributed by atoms with E-state index in [1.165, 1.54) is 10.4 Å². The molecule has 2 rings (SSSR count). The Hall–Kier alpha value is -2.06. The van der Waals surface area contributed by atoms with Crippen LogP contribution >= 0.6 is 0 Å². The van der Waals surface area contributed by atoms with E-state index >= 15 is 0 Å². The van der Waals surface area contributed by atoms with Crippen LogP contribution in [0.15, 0.2) is 85.2 Å². The smallest absolute Gasteiger partial charge is 0.319 e. The van der Waals surface area contributed by atoms with Crippen molar-refractivity contribution in [3.05, 3.63) is 85.2 Å². The van der Waals surface area contributed by atoms with Crippen molar-refractivity contribution in [2.24, 2.45) is 0 Å². The highest BCUT2D eigenvalue weighted by Crippen LogP contribution is 2.36. The monoisotopic (exact) mass is 364 g/mol. The molecule has 2 aromatic carbocycles. The van der Waals surface area contributed by atoms with Crippen LogP contribution in [0.2, 0.25) is 5.04 Å². The summed E-state index contributed by atoms with van der Waals surface area (Å²) in [7, 11) is -2.43. The molecule has 26 heavy (non-hydrogen) atoms. The van der Waals surface area contributed by atoms with Gasteiger partial charge in [-0.25, -0.2) is 0 Å². The lowest BCUT2D eigenvalue weighted by atomic mass is 10.2. The lowest BCUT2D eigenvalue weighted by Crippen LogP contribution is -2.65. The summed E-state index contributed by atoms with van der Waals surface area (Å²) in [5.74, 6) is 0. The fraction of sp³-hybridized carbons (Fsp3) is 0.333. The molecule has 0 aliphatic carbocycles. The van der Waals surface area contributed by atoms with Crippen molar-refractivity contribution in [3.8, 4) is 0 Å². The molecule has 0 spiro atoms. The van der Waals surface area contributed by atoms with E-state index in [9.17, 15) is 0 Å². The van der Waals surface area contributed by atoms with Crippen molar-refractivity contribution in [2.75, 3.05) is 0 Å². The minimum Gasteiger partial charge on any atom is -0.540 e. The molecule has 0 heterocycles. The molecule has 0 N–H and O–H groups in total. The summed E-state index contributed by atoms with van der Waals surface area (Å²) in [5.41, 5.74) is 0. The van der Waals surface area contributed by atoms with Gasteiger partial charge in [0.05, 0.1) is 6.26 Å². The van der Waals surface area contributed by atoms with Gasteiger partial charge in [0.25, 0.3) is 0 Å². The summed E-state index contributed by atoms with van der Waals surface area (Å²) >= 11 is 0. The largest absolute Gasteiger partial charge is 0.540 e. The molecular formula is C24H32OSi. The molecule has 2 aromatic rings. The third-order valence-corrected chi connectivity index (χ3v) is 9.63. The second-order valence-electron chi connectivity index (χ2n) is 7.65. The van der Waals surface area contributed by atoms with Crippen LogP contribution in [0.5, 0.6) is 0 Å². The predicted octanol–water partition coefficient (Wildman–Crippen LogP) is 5.82. The van der Waals surface area contributed by atoms with E-state index in [-0.39, 0.29) is 5.04 Å². The van der Waals surface area contributed by atoms with Gasteiger partial charge in [-0.05, 0) is 41.6 Å². The first-order chi connectivity index (χ1) is 12.5. The summed E-state index contributed by atoms with van der Waals surface area (Å²) < 4.78 is 6.71. The fourth-order valence-corrected chi connectivity index (χ4v) is 7.74. The maximum absolute atomic E-state index is 6.71. The summed E-state index contributed by atoms with van der Waals surface area (Å²) in [6.07, 6.45) is 11.8. The van der Waals surface area contributed by atoms with Crippen molar-refractivity contribution < 1.29 is 4.43 Å². The molecule has 0 aliphatic heterocycles. The highest BCUT2D eigenvalue weighted by molar-refractivity contribution is 6.99. The molecular weight excluding hydrogens is 332 g/mol. The van der Waals surface area contributed by atoms with Gasteiger partial charge in [-0.2, -0.15) is 0 Å². The van der Waals surface area contributed by atoms with Crippen molar-refractivity contribution in [2.45, 2.75) is 52.0 Å². The van der Waals surface area contributed by atoms with Crippen molar-refractivity contribution in [3.63, 3.8) is 0 Å². The normalized spacial score (nSPS) is 12.8. The molecule has 0 radical (unpaired) electrons. The van der Waals surface area contributed by atoms with Gasteiger partial charge in [0.2, 0.25) is 0 Å². The fourth-order valence-electron chi connectivity index (χ4n) is 3.43. The Balaban J connectivity index is 2.36. The average Bonchev–Trinajstić information content (AvgIpc) is 2.64. The number of benzene rings is 2. The van der Waals surface area contributed by atoms with E-state index in [1.54, 1.807) is 0 Å². The Kier molecular flexibility index (Phi) is 7.46. The predicted molar refractivity (Wildman–Crippen MR) is 117 cm³/mol. The number of allylic oxidation sites excluding steroid dienone is 3. The molecule has 2 heteroatoms. The Morgan fingerprint density at radius 1 is 0.808 bits per heavy atom. The molecule has 0 saturated heterocycles. The van der Waals surface area contributed by atoms with Crippen LogP contribution in [0.1, 0.15) is 47.0 Å². The van der Waals surface area contributed by atoms with Crippen LogP contribution in [-0.4, -0.2) is 8.32 Å². The quantitative estimate of drug-likeness (QED) is 0.248. The standard InChI is InChI=1S/C24H32OSi/c1-5-6-7-8-9-16-21-25-26(24(2,3)4,22-17-12-10-13-18-22)23-19-14-11-15-20-23/h5-6,10-21H,7-9H2,1-4H3. The molecule has 0 fully saturated rings. The zero-order valence-corrected chi connectivity index (χ0v) is 17.6. The molecule has 0 saturated carbocycles. The molecule has 0 bridgehead atoms. The van der Waals surface area contributed by atoms with Crippen molar-refractivity contribution in [1.29, 1.82) is 0 Å². The first-order valence-electron chi connectivity index (χ1n) is 9.57. The molecule has 138 valence electrons. The van der Waals surface area contributed by atoms with Gasteiger partial charge in [-0.1, -0.05) is 99.7 Å². The van der Waals surface area contributed by atoms with Gasteiger partial charge >= 0.3 is 8.32 Å². The highest BCUT2D eigenvalue weighted by Gasteiger charge is 2.51. The van der Waals surface area contributed by atoms with E-state index in [2.05, 4.69) is 107 Å². The SMILES string of the molecule is CC=CCCCC=CO[Si](c1ccccc1)(c1ccccc1)C(C)(C)C. The van der Waals surface area contributed by atoms with E-state index in [4.69, 9.17) is 4.43 Å². The minimum atomic E-state index is -2.43. The Morgan fingerprint density at radius 2 is 1.31 bits per heavy atom. The number of hydrogen-bond donors (Lipinski definition) is 0. The van der Waals surface area contributed by atoms with Gasteiger partial charge in [-0.15, -0.1) is 0 Å². The van der Waals surface area contributed by atoms with Crippen LogP contribution in [0.3, 0.4) is 0 Å². The van der Waals surface area contributed by atoms with Crippen LogP contribution in [0, 0.1) is 0 Å². The molecule has 0 atom stereocenters.